The molecule has 0 fully saturated rings. The monoisotopic (exact) mass is 650 g/mol. The van der Waals surface area contributed by atoms with E-state index < -0.39 is 66.6 Å². The maximum atomic E-state index is 13.7. The van der Waals surface area contributed by atoms with Crippen molar-refractivity contribution in [1.82, 2.24) is 20.9 Å². The highest BCUT2D eigenvalue weighted by molar-refractivity contribution is 6.35. The van der Waals surface area contributed by atoms with Crippen LogP contribution in [0, 0.1) is 0 Å². The molecule has 1 heterocycles. The Balaban J connectivity index is 1.60. The first kappa shape index (κ1) is 33.5. The van der Waals surface area contributed by atoms with Gasteiger partial charge < -0.3 is 35.9 Å². The summed E-state index contributed by atoms with van der Waals surface area (Å²) in [7, 11) is 1.04. The Hall–Kier alpha value is -5.43. The number of carbonyl (C=O) groups is 6. The van der Waals surface area contributed by atoms with Crippen molar-refractivity contribution in [2.45, 2.75) is 43.8 Å². The zero-order valence-corrected chi connectivity index (χ0v) is 25.3. The molecule has 0 bridgehead atoms. The molecular weight excluding hydrogens is 620 g/mol. The smallest absolute Gasteiger partial charge is 0.328 e. The first-order chi connectivity index (χ1) is 21.9. The second-order valence-corrected chi connectivity index (χ2v) is 10.9. The molecule has 6 N–H and O–H groups in total. The number of aromatic amines is 1. The highest BCUT2D eigenvalue weighted by Crippen LogP contribution is 2.24. The number of aromatic nitrogens is 1. The molecule has 0 saturated heterocycles. The molecule has 0 aliphatic heterocycles. The van der Waals surface area contributed by atoms with Gasteiger partial charge in [0.1, 0.15) is 23.8 Å². The summed E-state index contributed by atoms with van der Waals surface area (Å²) in [5.74, 6) is -6.22. The molecule has 3 amide bonds. The molecule has 13 nitrogen and oxygen atoms in total. The second kappa shape index (κ2) is 15.0. The van der Waals surface area contributed by atoms with Gasteiger partial charge in [-0.1, -0.05) is 60.1 Å². The van der Waals surface area contributed by atoms with E-state index in [1.807, 2.05) is 36.4 Å². The number of nitrogens with one attached hydrogen (secondary N) is 4. The second-order valence-electron chi connectivity index (χ2n) is 10.5. The van der Waals surface area contributed by atoms with Gasteiger partial charge in [0.15, 0.2) is 0 Å². The minimum absolute atomic E-state index is 0.0335. The van der Waals surface area contributed by atoms with Gasteiger partial charge >= 0.3 is 17.9 Å². The Labute approximate surface area is 267 Å². The fraction of sp³-hybridized carbons (Fsp3) is 0.250. The molecule has 46 heavy (non-hydrogen) atoms. The van der Waals surface area contributed by atoms with Gasteiger partial charge in [-0.3, -0.25) is 24.0 Å². The zero-order chi connectivity index (χ0) is 33.4. The van der Waals surface area contributed by atoms with Gasteiger partial charge in [0, 0.05) is 28.8 Å². The zero-order valence-electron chi connectivity index (χ0n) is 24.5. The number of hydrogen-bond acceptors (Lipinski definition) is 7. The molecule has 4 rings (SSSR count). The van der Waals surface area contributed by atoms with E-state index in [1.165, 1.54) is 6.07 Å². The molecule has 1 aromatic heterocycles. The largest absolute Gasteiger partial charge is 0.481 e. The van der Waals surface area contributed by atoms with Crippen LogP contribution in [0.4, 0.5) is 0 Å². The quantitative estimate of drug-likeness (QED) is 0.111. The number of hydrogen-bond donors (Lipinski definition) is 6. The van der Waals surface area contributed by atoms with Crippen molar-refractivity contribution in [2.75, 3.05) is 7.11 Å². The van der Waals surface area contributed by atoms with Crippen LogP contribution >= 0.6 is 11.6 Å². The number of halogens is 1. The fourth-order valence-corrected chi connectivity index (χ4v) is 5.10. The number of methoxy groups -OCH3 is 1. The Morgan fingerprint density at radius 3 is 2.17 bits per heavy atom. The van der Waals surface area contributed by atoms with Crippen molar-refractivity contribution < 1.29 is 43.7 Å². The molecule has 3 atom stereocenters. The van der Waals surface area contributed by atoms with Crippen molar-refractivity contribution in [2.24, 2.45) is 0 Å². The van der Waals surface area contributed by atoms with Crippen molar-refractivity contribution in [3.05, 3.63) is 83.0 Å². The maximum absolute atomic E-state index is 13.7. The first-order valence-corrected chi connectivity index (χ1v) is 14.5. The van der Waals surface area contributed by atoms with Crippen LogP contribution < -0.4 is 16.0 Å². The van der Waals surface area contributed by atoms with Crippen molar-refractivity contribution in [1.29, 1.82) is 0 Å². The number of fused-ring (bicyclic) bond motifs is 2. The summed E-state index contributed by atoms with van der Waals surface area (Å²) in [5, 5.41) is 28.6. The molecule has 0 aliphatic rings. The lowest BCUT2D eigenvalue weighted by atomic mass is 10.0. The number of H-pyrrole nitrogens is 1. The number of aliphatic carboxylic acids is 2. The van der Waals surface area contributed by atoms with Crippen LogP contribution in [0.5, 0.6) is 0 Å². The maximum Gasteiger partial charge on any atom is 0.328 e. The molecule has 240 valence electrons. The minimum atomic E-state index is -1.69. The van der Waals surface area contributed by atoms with Gasteiger partial charge in [-0.15, -0.1) is 0 Å². The minimum Gasteiger partial charge on any atom is -0.481 e. The summed E-state index contributed by atoms with van der Waals surface area (Å²) in [4.78, 5) is 78.1. The van der Waals surface area contributed by atoms with E-state index in [4.69, 9.17) is 16.7 Å². The lowest BCUT2D eigenvalue weighted by Crippen LogP contribution is -2.56. The molecule has 0 unspecified atom stereocenters. The van der Waals surface area contributed by atoms with Crippen LogP contribution in [-0.4, -0.2) is 76.1 Å². The van der Waals surface area contributed by atoms with Gasteiger partial charge in [-0.2, -0.15) is 0 Å². The van der Waals surface area contributed by atoms with E-state index in [0.717, 1.165) is 17.9 Å². The standard InChI is InChI=1S/C32H31ClN4O9/c1-46-32(45)23(11-12-27(38)39)35-31(44)26(16-28(40)41)37-29(42)24(14-17-9-10-18-5-2-3-6-19(18)13-17)36-30(43)25-15-20-21(33)7-4-8-22(20)34-25/h2-10,13,15,23-24,26,34H,11-12,14,16H2,1H3,(H,35,44)(H,36,43)(H,37,42)(H,38,39)(H,40,41)/t23-,24-,26-/m0/s1. The Kier molecular flexibility index (Phi) is 10.9. The van der Waals surface area contributed by atoms with Crippen molar-refractivity contribution in [3.8, 4) is 0 Å². The third-order valence-electron chi connectivity index (χ3n) is 7.19. The topological polar surface area (TPSA) is 204 Å². The van der Waals surface area contributed by atoms with Crippen LogP contribution in [-0.2, 0) is 35.1 Å². The van der Waals surface area contributed by atoms with E-state index in [-0.39, 0.29) is 18.5 Å². The highest BCUT2D eigenvalue weighted by Gasteiger charge is 2.32. The number of benzene rings is 3. The number of amides is 3. The van der Waals surface area contributed by atoms with E-state index >= 15 is 0 Å². The molecule has 0 saturated carbocycles. The summed E-state index contributed by atoms with van der Waals surface area (Å²) in [6, 6.07) is 15.2. The number of carboxylic acids is 2. The summed E-state index contributed by atoms with van der Waals surface area (Å²) in [6.07, 6.45) is -1.73. The third-order valence-corrected chi connectivity index (χ3v) is 7.52. The van der Waals surface area contributed by atoms with Crippen LogP contribution in [0.15, 0.2) is 66.7 Å². The van der Waals surface area contributed by atoms with Gasteiger partial charge in [0.25, 0.3) is 5.91 Å². The lowest BCUT2D eigenvalue weighted by Gasteiger charge is -2.24. The average Bonchev–Trinajstić information content (AvgIpc) is 3.47. The number of ether oxygens (including phenoxy) is 1. The van der Waals surface area contributed by atoms with Crippen LogP contribution in [0.25, 0.3) is 21.7 Å². The molecule has 0 aliphatic carbocycles. The van der Waals surface area contributed by atoms with E-state index in [0.29, 0.717) is 21.5 Å². The van der Waals surface area contributed by atoms with Gasteiger partial charge in [0.05, 0.1) is 13.5 Å². The lowest BCUT2D eigenvalue weighted by molar-refractivity contribution is -0.146. The Morgan fingerprint density at radius 1 is 0.804 bits per heavy atom. The van der Waals surface area contributed by atoms with E-state index in [1.54, 1.807) is 24.3 Å². The van der Waals surface area contributed by atoms with Crippen molar-refractivity contribution in [3.63, 3.8) is 0 Å². The molecular formula is C32H31ClN4O9. The fourth-order valence-electron chi connectivity index (χ4n) is 4.87. The summed E-state index contributed by atoms with van der Waals surface area (Å²) >= 11 is 6.25. The molecule has 3 aromatic carbocycles. The predicted octanol–water partition coefficient (Wildman–Crippen LogP) is 2.80. The number of rotatable bonds is 14. The average molecular weight is 651 g/mol. The third kappa shape index (κ3) is 8.60. The number of carbonyl (C=O) groups excluding carboxylic acids is 4. The first-order valence-electron chi connectivity index (χ1n) is 14.1. The number of esters is 1. The van der Waals surface area contributed by atoms with Gasteiger partial charge in [-0.25, -0.2) is 4.79 Å². The Morgan fingerprint density at radius 2 is 1.50 bits per heavy atom. The summed E-state index contributed by atoms with van der Waals surface area (Å²) < 4.78 is 4.63. The number of carboxylic acid groups (broad SMARTS) is 2. The normalized spacial score (nSPS) is 12.9. The molecule has 4 aromatic rings. The molecule has 14 heteroatoms. The van der Waals surface area contributed by atoms with E-state index in [2.05, 4.69) is 25.7 Å². The Bertz CT molecular complexity index is 1800. The molecule has 0 radical (unpaired) electrons. The van der Waals surface area contributed by atoms with Crippen LogP contribution in [0.3, 0.4) is 0 Å². The van der Waals surface area contributed by atoms with Crippen molar-refractivity contribution >= 4 is 68.9 Å². The SMILES string of the molecule is COC(=O)[C@H](CCC(=O)O)NC(=O)[C@H](CC(=O)O)NC(=O)[C@H](Cc1ccc2ccccc2c1)NC(=O)c1cc2c(Cl)cccc2[nH]1. The van der Waals surface area contributed by atoms with Crippen LogP contribution in [0.2, 0.25) is 5.02 Å². The highest BCUT2D eigenvalue weighted by atomic mass is 35.5. The van der Waals surface area contributed by atoms with Crippen LogP contribution in [0.1, 0.15) is 35.3 Å². The summed E-state index contributed by atoms with van der Waals surface area (Å²) in [5.41, 5.74) is 1.37. The summed E-state index contributed by atoms with van der Waals surface area (Å²) in [6.45, 7) is 0. The van der Waals surface area contributed by atoms with Gasteiger partial charge in [0.2, 0.25) is 11.8 Å². The molecule has 0 spiro atoms. The predicted molar refractivity (Wildman–Crippen MR) is 167 cm³/mol. The van der Waals surface area contributed by atoms with Gasteiger partial charge in [-0.05, 0) is 41.0 Å². The van der Waals surface area contributed by atoms with E-state index in [9.17, 15) is 33.9 Å².